The van der Waals surface area contributed by atoms with Crippen molar-refractivity contribution in [1.29, 1.82) is 0 Å². The van der Waals surface area contributed by atoms with Crippen LogP contribution in [-0.4, -0.2) is 34.3 Å². The van der Waals surface area contributed by atoms with Crippen LogP contribution in [0.4, 0.5) is 14.5 Å². The fourth-order valence-electron chi connectivity index (χ4n) is 3.34. The maximum Gasteiger partial charge on any atom is 0.274 e. The van der Waals surface area contributed by atoms with E-state index in [1.54, 1.807) is 6.07 Å². The highest BCUT2D eigenvalue weighted by Gasteiger charge is 2.26. The first-order chi connectivity index (χ1) is 13.0. The number of para-hydroxylation sites is 1. The van der Waals surface area contributed by atoms with E-state index >= 15 is 0 Å². The zero-order valence-electron chi connectivity index (χ0n) is 15.0. The van der Waals surface area contributed by atoms with Crippen LogP contribution in [-0.2, 0) is 0 Å². The molecule has 3 rings (SSSR count). The SMILES string of the molecule is CCC1CCCCN1C(=O)c1ccnc(C(=O)Nc2c(F)cccc2F)c1. The molecule has 1 fully saturated rings. The standard InChI is InChI=1S/C20H21F2N3O2/c1-2-14-6-3-4-11-25(14)20(27)13-9-10-23-17(12-13)19(26)24-18-15(21)7-5-8-16(18)22/h5,7-10,12,14H,2-4,6,11H2,1H3,(H,24,26). The van der Waals surface area contributed by atoms with Crippen LogP contribution in [0.2, 0.25) is 0 Å². The van der Waals surface area contributed by atoms with Crippen molar-refractivity contribution in [3.63, 3.8) is 0 Å². The zero-order chi connectivity index (χ0) is 19.4. The van der Waals surface area contributed by atoms with Crippen molar-refractivity contribution in [3.8, 4) is 0 Å². The van der Waals surface area contributed by atoms with E-state index in [2.05, 4.69) is 10.3 Å². The van der Waals surface area contributed by atoms with E-state index in [4.69, 9.17) is 0 Å². The summed E-state index contributed by atoms with van der Waals surface area (Å²) in [5.41, 5.74) is -0.277. The summed E-state index contributed by atoms with van der Waals surface area (Å²) in [5, 5.41) is 2.18. The Morgan fingerprint density at radius 1 is 1.22 bits per heavy atom. The van der Waals surface area contributed by atoms with Crippen molar-refractivity contribution >= 4 is 17.5 Å². The number of carbonyl (C=O) groups excluding carboxylic acids is 2. The molecular weight excluding hydrogens is 352 g/mol. The predicted octanol–water partition coefficient (Wildman–Crippen LogP) is 4.02. The van der Waals surface area contributed by atoms with Gasteiger partial charge < -0.3 is 10.2 Å². The highest BCUT2D eigenvalue weighted by atomic mass is 19.1. The number of benzene rings is 1. The summed E-state index contributed by atoms with van der Waals surface area (Å²) in [6.07, 6.45) is 5.24. The minimum Gasteiger partial charge on any atom is -0.336 e. The predicted molar refractivity (Wildman–Crippen MR) is 97.5 cm³/mol. The number of rotatable bonds is 4. The van der Waals surface area contributed by atoms with Gasteiger partial charge in [-0.2, -0.15) is 0 Å². The summed E-state index contributed by atoms with van der Waals surface area (Å²) >= 11 is 0. The number of hydrogen-bond acceptors (Lipinski definition) is 3. The van der Waals surface area contributed by atoms with Gasteiger partial charge in [0.1, 0.15) is 23.0 Å². The molecule has 1 aromatic heterocycles. The number of hydrogen-bond donors (Lipinski definition) is 1. The second-order valence-electron chi connectivity index (χ2n) is 6.54. The lowest BCUT2D eigenvalue weighted by atomic mass is 9.99. The number of likely N-dealkylation sites (tertiary alicyclic amines) is 1. The van der Waals surface area contributed by atoms with Gasteiger partial charge >= 0.3 is 0 Å². The lowest BCUT2D eigenvalue weighted by Crippen LogP contribution is -2.43. The Morgan fingerprint density at radius 2 is 1.96 bits per heavy atom. The number of nitrogens with one attached hydrogen (secondary N) is 1. The highest BCUT2D eigenvalue weighted by molar-refractivity contribution is 6.05. The van der Waals surface area contributed by atoms with E-state index in [1.807, 2.05) is 11.8 Å². The molecule has 2 heterocycles. The summed E-state index contributed by atoms with van der Waals surface area (Å²) in [4.78, 5) is 31.0. The molecule has 1 atom stereocenters. The molecule has 1 N–H and O–H groups in total. The van der Waals surface area contributed by atoms with Gasteiger partial charge in [0.2, 0.25) is 0 Å². The Balaban J connectivity index is 1.80. The van der Waals surface area contributed by atoms with Crippen molar-refractivity contribution < 1.29 is 18.4 Å². The normalized spacial score (nSPS) is 16.9. The molecule has 1 aromatic carbocycles. The number of anilines is 1. The van der Waals surface area contributed by atoms with Crippen LogP contribution in [0, 0.1) is 11.6 Å². The van der Waals surface area contributed by atoms with Gasteiger partial charge in [0.25, 0.3) is 11.8 Å². The lowest BCUT2D eigenvalue weighted by molar-refractivity contribution is 0.0608. The van der Waals surface area contributed by atoms with Crippen molar-refractivity contribution in [2.45, 2.75) is 38.6 Å². The largest absolute Gasteiger partial charge is 0.336 e. The minimum absolute atomic E-state index is 0.0754. The van der Waals surface area contributed by atoms with Gasteiger partial charge in [0.15, 0.2) is 0 Å². The molecule has 1 aliphatic heterocycles. The van der Waals surface area contributed by atoms with Crippen LogP contribution in [0.1, 0.15) is 53.5 Å². The summed E-state index contributed by atoms with van der Waals surface area (Å²) < 4.78 is 27.4. The number of amides is 2. The fraction of sp³-hybridized carbons (Fsp3) is 0.350. The molecule has 142 valence electrons. The second-order valence-corrected chi connectivity index (χ2v) is 6.54. The van der Waals surface area contributed by atoms with Crippen LogP contribution >= 0.6 is 0 Å². The minimum atomic E-state index is -0.880. The maximum atomic E-state index is 13.7. The van der Waals surface area contributed by atoms with Gasteiger partial charge in [-0.3, -0.25) is 14.6 Å². The molecule has 0 spiro atoms. The Hall–Kier alpha value is -2.83. The summed E-state index contributed by atoms with van der Waals surface area (Å²) in [6.45, 7) is 2.73. The van der Waals surface area contributed by atoms with Crippen LogP contribution in [0.15, 0.2) is 36.5 Å². The summed E-state index contributed by atoms with van der Waals surface area (Å²) in [6, 6.07) is 6.40. The maximum absolute atomic E-state index is 13.7. The molecule has 5 nitrogen and oxygen atoms in total. The van der Waals surface area contributed by atoms with E-state index in [0.29, 0.717) is 12.1 Å². The molecule has 2 aromatic rings. The summed E-state index contributed by atoms with van der Waals surface area (Å²) in [7, 11) is 0. The average Bonchev–Trinajstić information content (AvgIpc) is 2.70. The van der Waals surface area contributed by atoms with E-state index in [0.717, 1.165) is 37.8 Å². The topological polar surface area (TPSA) is 62.3 Å². The Morgan fingerprint density at radius 3 is 2.67 bits per heavy atom. The zero-order valence-corrected chi connectivity index (χ0v) is 15.0. The van der Waals surface area contributed by atoms with E-state index in [9.17, 15) is 18.4 Å². The molecule has 0 bridgehead atoms. The molecule has 27 heavy (non-hydrogen) atoms. The monoisotopic (exact) mass is 373 g/mol. The third kappa shape index (κ3) is 4.13. The number of halogens is 2. The molecular formula is C20H21F2N3O2. The van der Waals surface area contributed by atoms with E-state index in [-0.39, 0.29) is 17.6 Å². The smallest absolute Gasteiger partial charge is 0.274 e. The molecule has 0 radical (unpaired) electrons. The molecule has 2 amide bonds. The van der Waals surface area contributed by atoms with Crippen molar-refractivity contribution in [2.75, 3.05) is 11.9 Å². The van der Waals surface area contributed by atoms with E-state index in [1.165, 1.54) is 18.3 Å². The number of pyridine rings is 1. The Bertz CT molecular complexity index is 837. The first-order valence-electron chi connectivity index (χ1n) is 9.03. The molecule has 1 aliphatic rings. The van der Waals surface area contributed by atoms with E-state index < -0.39 is 23.2 Å². The van der Waals surface area contributed by atoms with Crippen LogP contribution in [0.25, 0.3) is 0 Å². The quantitative estimate of drug-likeness (QED) is 0.881. The van der Waals surface area contributed by atoms with Crippen molar-refractivity contribution in [3.05, 3.63) is 59.4 Å². The average molecular weight is 373 g/mol. The van der Waals surface area contributed by atoms with Gasteiger partial charge in [-0.05, 0) is 49.9 Å². The Kier molecular flexibility index (Phi) is 5.78. The first kappa shape index (κ1) is 18.9. The first-order valence-corrected chi connectivity index (χ1v) is 9.03. The summed E-state index contributed by atoms with van der Waals surface area (Å²) in [5.74, 6) is -2.70. The van der Waals surface area contributed by atoms with Gasteiger partial charge in [0.05, 0.1) is 0 Å². The van der Waals surface area contributed by atoms with Gasteiger partial charge in [-0.25, -0.2) is 8.78 Å². The fourth-order valence-corrected chi connectivity index (χ4v) is 3.34. The van der Waals surface area contributed by atoms with Crippen molar-refractivity contribution in [2.24, 2.45) is 0 Å². The second kappa shape index (κ2) is 8.24. The number of carbonyl (C=O) groups is 2. The lowest BCUT2D eigenvalue weighted by Gasteiger charge is -2.35. The number of aromatic nitrogens is 1. The third-order valence-electron chi connectivity index (χ3n) is 4.80. The van der Waals surface area contributed by atoms with Crippen LogP contribution in [0.3, 0.4) is 0 Å². The molecule has 1 saturated heterocycles. The molecule has 1 unspecified atom stereocenters. The van der Waals surface area contributed by atoms with Gasteiger partial charge in [0, 0.05) is 24.3 Å². The Labute approximate surface area is 156 Å². The third-order valence-corrected chi connectivity index (χ3v) is 4.80. The highest BCUT2D eigenvalue weighted by Crippen LogP contribution is 2.22. The van der Waals surface area contributed by atoms with Crippen molar-refractivity contribution in [1.82, 2.24) is 9.88 Å². The van der Waals surface area contributed by atoms with Gasteiger partial charge in [-0.15, -0.1) is 0 Å². The number of piperidine rings is 1. The molecule has 0 saturated carbocycles. The molecule has 0 aliphatic carbocycles. The van der Waals surface area contributed by atoms with Crippen LogP contribution in [0.5, 0.6) is 0 Å². The molecule has 7 heteroatoms. The van der Waals surface area contributed by atoms with Crippen LogP contribution < -0.4 is 5.32 Å². The number of nitrogens with zero attached hydrogens (tertiary/aromatic N) is 2. The van der Waals surface area contributed by atoms with Gasteiger partial charge in [-0.1, -0.05) is 13.0 Å².